The Hall–Kier alpha value is -1.10. The molecule has 0 aromatic heterocycles. The predicted molar refractivity (Wildman–Crippen MR) is 82.3 cm³/mol. The maximum absolute atomic E-state index is 11.5. The van der Waals surface area contributed by atoms with E-state index >= 15 is 0 Å². The zero-order valence-corrected chi connectivity index (χ0v) is 13.8. The molecule has 5 nitrogen and oxygen atoms in total. The molecule has 0 amide bonds. The Morgan fingerprint density at radius 1 is 0.762 bits per heavy atom. The molecule has 5 heteroatoms. The molecule has 0 atom stereocenters. The molecule has 0 fully saturated rings. The standard InChI is InChI=1S/C16H31NO4/c1-16(2,3)20-14(18)12-10-8-6-4-5-7-9-11-13-15(19)21-17/h4-13,17H2,1-3H3. The molecular weight excluding hydrogens is 270 g/mol. The van der Waals surface area contributed by atoms with E-state index in [0.717, 1.165) is 38.5 Å². The maximum atomic E-state index is 11.5. The van der Waals surface area contributed by atoms with Crippen LogP contribution in [0.25, 0.3) is 0 Å². The Morgan fingerprint density at radius 3 is 1.52 bits per heavy atom. The fraction of sp³-hybridized carbons (Fsp3) is 0.875. The molecule has 2 N–H and O–H groups in total. The van der Waals surface area contributed by atoms with E-state index in [1.165, 1.54) is 12.8 Å². The number of nitrogens with two attached hydrogens (primary N) is 1. The van der Waals surface area contributed by atoms with Crippen molar-refractivity contribution in [1.29, 1.82) is 0 Å². The molecule has 0 aromatic rings. The van der Waals surface area contributed by atoms with E-state index < -0.39 is 0 Å². The van der Waals surface area contributed by atoms with E-state index in [4.69, 9.17) is 10.6 Å². The first-order chi connectivity index (χ1) is 9.85. The molecule has 0 saturated carbocycles. The lowest BCUT2D eigenvalue weighted by Crippen LogP contribution is -2.23. The lowest BCUT2D eigenvalue weighted by molar-refractivity contribution is -0.155. The summed E-state index contributed by atoms with van der Waals surface area (Å²) in [6.45, 7) is 5.66. The van der Waals surface area contributed by atoms with E-state index in [1.807, 2.05) is 20.8 Å². The van der Waals surface area contributed by atoms with Crippen LogP contribution in [0.15, 0.2) is 0 Å². The van der Waals surface area contributed by atoms with Crippen molar-refractivity contribution in [3.05, 3.63) is 0 Å². The summed E-state index contributed by atoms with van der Waals surface area (Å²) >= 11 is 0. The summed E-state index contributed by atoms with van der Waals surface area (Å²) in [6.07, 6.45) is 9.39. The van der Waals surface area contributed by atoms with Crippen LogP contribution in [-0.2, 0) is 19.2 Å². The van der Waals surface area contributed by atoms with Crippen molar-refractivity contribution in [2.45, 2.75) is 90.6 Å². The first kappa shape index (κ1) is 19.9. The number of esters is 1. The first-order valence-corrected chi connectivity index (χ1v) is 7.96. The summed E-state index contributed by atoms with van der Waals surface area (Å²) in [5, 5.41) is 0. The second kappa shape index (κ2) is 11.5. The number of hydrogen-bond donors (Lipinski definition) is 1. The molecular formula is C16H31NO4. The third-order valence-corrected chi connectivity index (χ3v) is 3.06. The fourth-order valence-electron chi connectivity index (χ4n) is 2.05. The van der Waals surface area contributed by atoms with Crippen molar-refractivity contribution in [3.63, 3.8) is 0 Å². The molecule has 0 bridgehead atoms. The normalized spacial score (nSPS) is 11.2. The van der Waals surface area contributed by atoms with Gasteiger partial charge in [-0.1, -0.05) is 38.5 Å². The summed E-state index contributed by atoms with van der Waals surface area (Å²) in [5.41, 5.74) is -0.382. The van der Waals surface area contributed by atoms with Crippen LogP contribution >= 0.6 is 0 Å². The highest BCUT2D eigenvalue weighted by Crippen LogP contribution is 2.13. The van der Waals surface area contributed by atoms with Gasteiger partial charge in [-0.25, -0.2) is 0 Å². The average Bonchev–Trinajstić information content (AvgIpc) is 2.38. The highest BCUT2D eigenvalue weighted by Gasteiger charge is 2.15. The topological polar surface area (TPSA) is 78.6 Å². The van der Waals surface area contributed by atoms with Gasteiger partial charge >= 0.3 is 11.9 Å². The summed E-state index contributed by atoms with van der Waals surface area (Å²) in [4.78, 5) is 26.3. The van der Waals surface area contributed by atoms with E-state index in [-0.39, 0.29) is 17.5 Å². The molecule has 0 aliphatic carbocycles. The van der Waals surface area contributed by atoms with E-state index in [0.29, 0.717) is 12.8 Å². The Kier molecular flexibility index (Phi) is 10.9. The van der Waals surface area contributed by atoms with Crippen molar-refractivity contribution >= 4 is 11.9 Å². The highest BCUT2D eigenvalue weighted by atomic mass is 16.7. The van der Waals surface area contributed by atoms with Crippen LogP contribution in [0.5, 0.6) is 0 Å². The highest BCUT2D eigenvalue weighted by molar-refractivity contribution is 5.69. The lowest BCUT2D eigenvalue weighted by atomic mass is 10.1. The number of hydrogen-bond acceptors (Lipinski definition) is 5. The molecule has 0 rings (SSSR count). The molecule has 21 heavy (non-hydrogen) atoms. The van der Waals surface area contributed by atoms with Gasteiger partial charge in [0.1, 0.15) is 5.60 Å². The van der Waals surface area contributed by atoms with Crippen LogP contribution in [0.3, 0.4) is 0 Å². The zero-order chi connectivity index (χ0) is 16.1. The smallest absolute Gasteiger partial charge is 0.324 e. The van der Waals surface area contributed by atoms with Crippen LogP contribution in [-0.4, -0.2) is 17.5 Å². The second-order valence-electron chi connectivity index (χ2n) is 6.40. The Bertz CT molecular complexity index is 297. The molecule has 0 aromatic carbocycles. The molecule has 0 heterocycles. The van der Waals surface area contributed by atoms with E-state index in [2.05, 4.69) is 4.84 Å². The average molecular weight is 301 g/mol. The number of ether oxygens (including phenoxy) is 1. The van der Waals surface area contributed by atoms with Crippen LogP contribution in [0.4, 0.5) is 0 Å². The van der Waals surface area contributed by atoms with Gasteiger partial charge < -0.3 is 9.57 Å². The van der Waals surface area contributed by atoms with Gasteiger partial charge in [-0.05, 0) is 33.6 Å². The van der Waals surface area contributed by atoms with Crippen molar-refractivity contribution in [3.8, 4) is 0 Å². The zero-order valence-electron chi connectivity index (χ0n) is 13.8. The molecule has 0 aliphatic rings. The van der Waals surface area contributed by atoms with Crippen LogP contribution in [0, 0.1) is 0 Å². The van der Waals surface area contributed by atoms with Gasteiger partial charge in [0, 0.05) is 12.8 Å². The SMILES string of the molecule is CC(C)(C)OC(=O)CCCCCCCCCCC(=O)ON. The second-order valence-corrected chi connectivity index (χ2v) is 6.40. The summed E-state index contributed by atoms with van der Waals surface area (Å²) in [5.74, 6) is 4.32. The number of carbonyl (C=O) groups excluding carboxylic acids is 2. The lowest BCUT2D eigenvalue weighted by Gasteiger charge is -2.19. The number of carbonyl (C=O) groups is 2. The van der Waals surface area contributed by atoms with Crippen molar-refractivity contribution in [2.24, 2.45) is 5.90 Å². The predicted octanol–water partition coefficient (Wildman–Crippen LogP) is 3.65. The maximum Gasteiger partial charge on any atom is 0.324 e. The van der Waals surface area contributed by atoms with Gasteiger partial charge in [0.25, 0.3) is 0 Å². The number of unbranched alkanes of at least 4 members (excludes halogenated alkanes) is 7. The van der Waals surface area contributed by atoms with Crippen molar-refractivity contribution in [1.82, 2.24) is 0 Å². The third kappa shape index (κ3) is 15.1. The van der Waals surface area contributed by atoms with Crippen LogP contribution in [0.1, 0.15) is 85.0 Å². The van der Waals surface area contributed by atoms with E-state index in [1.54, 1.807) is 0 Å². The summed E-state index contributed by atoms with van der Waals surface area (Å²) in [7, 11) is 0. The van der Waals surface area contributed by atoms with E-state index in [9.17, 15) is 9.59 Å². The molecule has 0 radical (unpaired) electrons. The molecule has 124 valence electrons. The van der Waals surface area contributed by atoms with Crippen LogP contribution in [0.2, 0.25) is 0 Å². The largest absolute Gasteiger partial charge is 0.460 e. The molecule has 0 aliphatic heterocycles. The van der Waals surface area contributed by atoms with Gasteiger partial charge in [0.2, 0.25) is 0 Å². The minimum atomic E-state index is -0.382. The Balaban J connectivity index is 3.26. The van der Waals surface area contributed by atoms with Gasteiger partial charge in [-0.3, -0.25) is 9.59 Å². The Morgan fingerprint density at radius 2 is 1.14 bits per heavy atom. The summed E-state index contributed by atoms with van der Waals surface area (Å²) in [6, 6.07) is 0. The van der Waals surface area contributed by atoms with Crippen LogP contribution < -0.4 is 5.90 Å². The minimum Gasteiger partial charge on any atom is -0.460 e. The fourth-order valence-corrected chi connectivity index (χ4v) is 2.05. The third-order valence-electron chi connectivity index (χ3n) is 3.06. The van der Waals surface area contributed by atoms with Gasteiger partial charge in [0.15, 0.2) is 0 Å². The first-order valence-electron chi connectivity index (χ1n) is 7.96. The van der Waals surface area contributed by atoms with Gasteiger partial charge in [-0.2, -0.15) is 5.90 Å². The molecule has 0 unspecified atom stereocenters. The van der Waals surface area contributed by atoms with Gasteiger partial charge in [-0.15, -0.1) is 0 Å². The molecule has 0 spiro atoms. The van der Waals surface area contributed by atoms with Crippen molar-refractivity contribution < 1.29 is 19.2 Å². The monoisotopic (exact) mass is 301 g/mol. The summed E-state index contributed by atoms with van der Waals surface area (Å²) < 4.78 is 5.25. The minimum absolute atomic E-state index is 0.103. The Labute approximate surface area is 128 Å². The number of rotatable bonds is 11. The van der Waals surface area contributed by atoms with Gasteiger partial charge in [0.05, 0.1) is 0 Å². The molecule has 0 saturated heterocycles. The van der Waals surface area contributed by atoms with Crippen molar-refractivity contribution in [2.75, 3.05) is 0 Å². The quantitative estimate of drug-likeness (QED) is 0.358.